The van der Waals surface area contributed by atoms with Gasteiger partial charge in [-0.25, -0.2) is 8.78 Å². The summed E-state index contributed by atoms with van der Waals surface area (Å²) in [5, 5.41) is 2.36. The Morgan fingerprint density at radius 3 is 2.71 bits per heavy atom. The van der Waals surface area contributed by atoms with Crippen LogP contribution >= 0.6 is 15.9 Å². The lowest BCUT2D eigenvalue weighted by Gasteiger charge is -2.18. The van der Waals surface area contributed by atoms with Gasteiger partial charge in [0.05, 0.1) is 17.3 Å². The number of benzene rings is 2. The van der Waals surface area contributed by atoms with Crippen molar-refractivity contribution in [3.8, 4) is 0 Å². The van der Waals surface area contributed by atoms with Crippen molar-refractivity contribution in [2.75, 3.05) is 16.8 Å². The largest absolute Gasteiger partial charge is 0.323 e. The molecule has 1 heterocycles. The van der Waals surface area contributed by atoms with Crippen LogP contribution in [-0.4, -0.2) is 18.4 Å². The van der Waals surface area contributed by atoms with E-state index >= 15 is 0 Å². The highest BCUT2D eigenvalue weighted by Crippen LogP contribution is 2.31. The molecule has 0 aliphatic carbocycles. The van der Waals surface area contributed by atoms with Gasteiger partial charge in [-0.1, -0.05) is 12.1 Å². The summed E-state index contributed by atoms with van der Waals surface area (Å²) in [6.45, 7) is 0.185. The summed E-state index contributed by atoms with van der Waals surface area (Å²) in [4.78, 5) is 26.0. The number of para-hydroxylation sites is 1. The van der Waals surface area contributed by atoms with Crippen molar-refractivity contribution < 1.29 is 18.4 Å². The third-order valence-electron chi connectivity index (χ3n) is 3.83. The molecule has 2 amide bonds. The number of amides is 2. The molecule has 0 radical (unpaired) electrons. The Morgan fingerprint density at radius 2 is 1.96 bits per heavy atom. The van der Waals surface area contributed by atoms with Crippen molar-refractivity contribution in [2.45, 2.75) is 6.42 Å². The van der Waals surface area contributed by atoms with Gasteiger partial charge in [-0.15, -0.1) is 0 Å². The molecule has 1 atom stereocenters. The Labute approximate surface area is 145 Å². The van der Waals surface area contributed by atoms with Crippen molar-refractivity contribution >= 4 is 39.1 Å². The molecule has 1 unspecified atom stereocenters. The predicted molar refractivity (Wildman–Crippen MR) is 89.6 cm³/mol. The standard InChI is InChI=1S/C17H13BrF2N2O2/c18-12-3-1-2-4-15(12)22-9-10(7-16(22)23)17(24)21-14-8-11(19)5-6-13(14)20/h1-6,8,10H,7,9H2,(H,21,24). The summed E-state index contributed by atoms with van der Waals surface area (Å²) < 4.78 is 27.5. The number of nitrogens with one attached hydrogen (secondary N) is 1. The lowest BCUT2D eigenvalue weighted by Crippen LogP contribution is -2.28. The van der Waals surface area contributed by atoms with Crippen LogP contribution in [0.2, 0.25) is 0 Å². The first-order chi connectivity index (χ1) is 11.5. The molecule has 124 valence electrons. The minimum absolute atomic E-state index is 0.0180. The molecule has 1 aliphatic rings. The second-order valence-corrected chi connectivity index (χ2v) is 6.32. The molecule has 2 aromatic carbocycles. The van der Waals surface area contributed by atoms with E-state index in [1.807, 2.05) is 6.07 Å². The molecule has 0 spiro atoms. The molecule has 1 fully saturated rings. The highest BCUT2D eigenvalue weighted by molar-refractivity contribution is 9.10. The number of carbonyl (C=O) groups is 2. The summed E-state index contributed by atoms with van der Waals surface area (Å²) in [7, 11) is 0. The van der Waals surface area contributed by atoms with Crippen LogP contribution in [0.3, 0.4) is 0 Å². The van der Waals surface area contributed by atoms with Gasteiger partial charge in [0.1, 0.15) is 11.6 Å². The van der Waals surface area contributed by atoms with Gasteiger partial charge in [0, 0.05) is 23.5 Å². The maximum absolute atomic E-state index is 13.6. The zero-order valence-electron chi connectivity index (χ0n) is 12.4. The van der Waals surface area contributed by atoms with Gasteiger partial charge >= 0.3 is 0 Å². The van der Waals surface area contributed by atoms with Crippen LogP contribution in [0.15, 0.2) is 46.9 Å². The summed E-state index contributed by atoms with van der Waals surface area (Å²) >= 11 is 3.38. The first-order valence-corrected chi connectivity index (χ1v) is 8.06. The molecular weight excluding hydrogens is 382 g/mol. The SMILES string of the molecule is O=C(Nc1cc(F)ccc1F)C1CC(=O)N(c2ccccc2Br)C1. The highest BCUT2D eigenvalue weighted by Gasteiger charge is 2.36. The number of anilines is 2. The van der Waals surface area contributed by atoms with E-state index in [0.29, 0.717) is 5.69 Å². The molecule has 0 saturated carbocycles. The van der Waals surface area contributed by atoms with E-state index in [2.05, 4.69) is 21.2 Å². The Morgan fingerprint density at radius 1 is 1.21 bits per heavy atom. The van der Waals surface area contributed by atoms with Crippen molar-refractivity contribution in [1.82, 2.24) is 0 Å². The molecule has 4 nitrogen and oxygen atoms in total. The van der Waals surface area contributed by atoms with Crippen LogP contribution in [0.5, 0.6) is 0 Å². The van der Waals surface area contributed by atoms with Crippen molar-refractivity contribution in [3.05, 3.63) is 58.6 Å². The number of rotatable bonds is 3. The monoisotopic (exact) mass is 394 g/mol. The molecular formula is C17H13BrF2N2O2. The lowest BCUT2D eigenvalue weighted by molar-refractivity contribution is -0.122. The van der Waals surface area contributed by atoms with Gasteiger partial charge in [0.2, 0.25) is 11.8 Å². The Balaban J connectivity index is 1.75. The van der Waals surface area contributed by atoms with Crippen molar-refractivity contribution in [3.63, 3.8) is 0 Å². The van der Waals surface area contributed by atoms with E-state index < -0.39 is 23.5 Å². The van der Waals surface area contributed by atoms with Gasteiger partial charge in [0.15, 0.2) is 0 Å². The minimum Gasteiger partial charge on any atom is -0.323 e. The van der Waals surface area contributed by atoms with Crippen molar-refractivity contribution in [2.24, 2.45) is 5.92 Å². The number of halogens is 3. The average Bonchev–Trinajstić information content (AvgIpc) is 2.93. The molecule has 2 aromatic rings. The zero-order chi connectivity index (χ0) is 17.3. The summed E-state index contributed by atoms with van der Waals surface area (Å²) in [6, 6.07) is 10.0. The number of nitrogens with zero attached hydrogens (tertiary/aromatic N) is 1. The maximum atomic E-state index is 13.6. The lowest BCUT2D eigenvalue weighted by atomic mass is 10.1. The number of carbonyl (C=O) groups excluding carboxylic acids is 2. The normalized spacial score (nSPS) is 17.2. The second-order valence-electron chi connectivity index (χ2n) is 5.47. The van der Waals surface area contributed by atoms with Gasteiger partial charge in [-0.3, -0.25) is 9.59 Å². The van der Waals surface area contributed by atoms with Crippen LogP contribution in [0.25, 0.3) is 0 Å². The van der Waals surface area contributed by atoms with Crippen LogP contribution in [-0.2, 0) is 9.59 Å². The second kappa shape index (κ2) is 6.68. The topological polar surface area (TPSA) is 49.4 Å². The number of hydrogen-bond acceptors (Lipinski definition) is 2. The van der Waals surface area contributed by atoms with Crippen molar-refractivity contribution in [1.29, 1.82) is 0 Å². The Hall–Kier alpha value is -2.28. The smallest absolute Gasteiger partial charge is 0.229 e. The fourth-order valence-electron chi connectivity index (χ4n) is 2.61. The van der Waals surface area contributed by atoms with E-state index in [0.717, 1.165) is 22.7 Å². The number of hydrogen-bond donors (Lipinski definition) is 1. The molecule has 24 heavy (non-hydrogen) atoms. The Kier molecular flexibility index (Phi) is 4.62. The molecule has 7 heteroatoms. The van der Waals surface area contributed by atoms with Gasteiger partial charge in [0.25, 0.3) is 0 Å². The fraction of sp³-hybridized carbons (Fsp3) is 0.176. The molecule has 0 bridgehead atoms. The summed E-state index contributed by atoms with van der Waals surface area (Å²) in [6.07, 6.45) is 0.0180. The van der Waals surface area contributed by atoms with Crippen LogP contribution in [0.4, 0.5) is 20.2 Å². The fourth-order valence-corrected chi connectivity index (χ4v) is 3.11. The van der Waals surface area contributed by atoms with E-state index in [-0.39, 0.29) is 24.6 Å². The molecule has 1 aliphatic heterocycles. The van der Waals surface area contributed by atoms with Crippen LogP contribution in [0, 0.1) is 17.6 Å². The summed E-state index contributed by atoms with van der Waals surface area (Å²) in [5.74, 6) is -2.71. The Bertz CT molecular complexity index is 813. The third-order valence-corrected chi connectivity index (χ3v) is 4.50. The van der Waals surface area contributed by atoms with E-state index in [9.17, 15) is 18.4 Å². The van der Waals surface area contributed by atoms with E-state index in [1.165, 1.54) is 4.90 Å². The zero-order valence-corrected chi connectivity index (χ0v) is 14.0. The quantitative estimate of drug-likeness (QED) is 0.862. The van der Waals surface area contributed by atoms with Gasteiger partial charge in [-0.05, 0) is 40.2 Å². The summed E-state index contributed by atoms with van der Waals surface area (Å²) in [5.41, 5.74) is 0.446. The molecule has 1 N–H and O–H groups in total. The molecule has 1 saturated heterocycles. The minimum atomic E-state index is -0.725. The van der Waals surface area contributed by atoms with Gasteiger partial charge in [-0.2, -0.15) is 0 Å². The van der Waals surface area contributed by atoms with Gasteiger partial charge < -0.3 is 10.2 Å². The van der Waals surface area contributed by atoms with E-state index in [1.54, 1.807) is 18.2 Å². The predicted octanol–water partition coefficient (Wildman–Crippen LogP) is 3.72. The van der Waals surface area contributed by atoms with E-state index in [4.69, 9.17) is 0 Å². The average molecular weight is 395 g/mol. The molecule has 0 aromatic heterocycles. The highest BCUT2D eigenvalue weighted by atomic mass is 79.9. The maximum Gasteiger partial charge on any atom is 0.229 e. The van der Waals surface area contributed by atoms with Crippen LogP contribution in [0.1, 0.15) is 6.42 Å². The molecule has 3 rings (SSSR count). The first kappa shape index (κ1) is 16.6. The van der Waals surface area contributed by atoms with Crippen LogP contribution < -0.4 is 10.2 Å². The third kappa shape index (κ3) is 3.31. The first-order valence-electron chi connectivity index (χ1n) is 7.26.